The largest absolute Gasteiger partial charge is 0.205 e. The third-order valence-electron chi connectivity index (χ3n) is 6.99. The first-order chi connectivity index (χ1) is 18.0. The Balaban J connectivity index is 1.25. The smallest absolute Gasteiger partial charge is 0.169 e. The van der Waals surface area contributed by atoms with E-state index in [2.05, 4.69) is 144 Å². The van der Waals surface area contributed by atoms with Crippen LogP contribution in [0.4, 0.5) is 0 Å². The molecule has 0 aliphatic heterocycles. The molecule has 0 unspecified atom stereocenters. The molecule has 0 aliphatic rings. The first-order valence-corrected chi connectivity index (χ1v) is 13.9. The van der Waals surface area contributed by atoms with Gasteiger partial charge in [-0.15, -0.1) is 0 Å². The first kappa shape index (κ1) is 26.7. The summed E-state index contributed by atoms with van der Waals surface area (Å²) in [7, 11) is 0. The molecule has 0 N–H and O–H groups in total. The third kappa shape index (κ3) is 8.31. The summed E-state index contributed by atoms with van der Waals surface area (Å²) < 4.78 is 9.12. The fraction of sp³-hybridized carbons (Fsp3) is 0.394. The number of pyridine rings is 4. The predicted octanol–water partition coefficient (Wildman–Crippen LogP) is 5.35. The highest BCUT2D eigenvalue weighted by Gasteiger charge is 2.10. The zero-order valence-electron chi connectivity index (χ0n) is 23.1. The summed E-state index contributed by atoms with van der Waals surface area (Å²) in [4.78, 5) is 0. The van der Waals surface area contributed by atoms with Crippen molar-refractivity contribution < 1.29 is 18.3 Å². The second-order valence-electron chi connectivity index (χ2n) is 11.0. The van der Waals surface area contributed by atoms with Gasteiger partial charge in [0, 0.05) is 61.4 Å². The van der Waals surface area contributed by atoms with Crippen molar-refractivity contribution in [2.75, 3.05) is 0 Å². The Morgan fingerprint density at radius 2 is 0.649 bits per heavy atom. The van der Waals surface area contributed by atoms with E-state index in [1.807, 2.05) is 0 Å². The van der Waals surface area contributed by atoms with Gasteiger partial charge in [0.05, 0.1) is 6.42 Å². The van der Waals surface area contributed by atoms with Gasteiger partial charge < -0.3 is 0 Å². The average Bonchev–Trinajstić information content (AvgIpc) is 2.92. The van der Waals surface area contributed by atoms with Gasteiger partial charge in [-0.05, 0) is 34.1 Å². The lowest BCUT2D eigenvalue weighted by atomic mass is 10.1. The van der Waals surface area contributed by atoms with Crippen LogP contribution in [0.5, 0.6) is 0 Å². The molecule has 0 aromatic carbocycles. The molecule has 0 fully saturated rings. The molecule has 4 nitrogen and oxygen atoms in total. The molecule has 0 atom stereocenters. The Labute approximate surface area is 223 Å². The molecular weight excluding hydrogens is 452 g/mol. The number of nitrogens with zero attached hydrogens (tertiary/aromatic N) is 4. The molecular formula is C33H44N4+4. The van der Waals surface area contributed by atoms with Crippen LogP contribution in [-0.2, 0) is 26.2 Å². The minimum atomic E-state index is 0.732. The molecule has 4 heteroatoms. The molecule has 0 aliphatic carbocycles. The van der Waals surface area contributed by atoms with Crippen molar-refractivity contribution in [3.63, 3.8) is 0 Å². The molecule has 0 bridgehead atoms. The van der Waals surface area contributed by atoms with Gasteiger partial charge in [0.25, 0.3) is 0 Å². The van der Waals surface area contributed by atoms with Crippen molar-refractivity contribution in [2.45, 2.75) is 73.1 Å². The van der Waals surface area contributed by atoms with Crippen LogP contribution in [0.2, 0.25) is 0 Å². The highest BCUT2D eigenvalue weighted by molar-refractivity contribution is 5.61. The molecule has 4 aromatic heterocycles. The van der Waals surface area contributed by atoms with Crippen LogP contribution < -0.4 is 18.3 Å². The van der Waals surface area contributed by atoms with E-state index < -0.39 is 0 Å². The van der Waals surface area contributed by atoms with Crippen molar-refractivity contribution in [1.82, 2.24) is 0 Å². The minimum Gasteiger partial charge on any atom is -0.205 e. The van der Waals surface area contributed by atoms with E-state index in [1.165, 1.54) is 35.1 Å². The maximum atomic E-state index is 2.28. The molecule has 4 rings (SSSR count). The van der Waals surface area contributed by atoms with Crippen molar-refractivity contribution in [2.24, 2.45) is 11.8 Å². The molecule has 4 heterocycles. The van der Waals surface area contributed by atoms with Crippen LogP contribution in [0.3, 0.4) is 0 Å². The zero-order chi connectivity index (χ0) is 26.0. The summed E-state index contributed by atoms with van der Waals surface area (Å²) >= 11 is 0. The molecule has 0 saturated carbocycles. The topological polar surface area (TPSA) is 15.5 Å². The monoisotopic (exact) mass is 496 g/mol. The van der Waals surface area contributed by atoms with Gasteiger partial charge in [-0.1, -0.05) is 27.7 Å². The maximum absolute atomic E-state index is 2.28. The molecule has 0 radical (unpaired) electrons. The standard InChI is InChI=1S/C33H44N4/c1-28(2)6-18-36-24-12-32(13-25-36)30-8-20-34(21-9-30)16-5-17-35-22-10-31(11-23-35)33-14-26-37(27-15-33)19-7-29(3)4/h8-15,20-29H,5-7,16-19H2,1-4H3/q+4. The van der Waals surface area contributed by atoms with Crippen LogP contribution in [0.15, 0.2) is 98.1 Å². The fourth-order valence-electron chi connectivity index (χ4n) is 4.45. The fourth-order valence-corrected chi connectivity index (χ4v) is 4.45. The van der Waals surface area contributed by atoms with Crippen LogP contribution in [-0.4, -0.2) is 0 Å². The van der Waals surface area contributed by atoms with E-state index in [9.17, 15) is 0 Å². The Hall–Kier alpha value is -3.40. The van der Waals surface area contributed by atoms with E-state index in [0.717, 1.165) is 44.4 Å². The second-order valence-corrected chi connectivity index (χ2v) is 11.0. The molecule has 0 saturated heterocycles. The van der Waals surface area contributed by atoms with Crippen LogP contribution in [0, 0.1) is 11.8 Å². The number of hydrogen-bond acceptors (Lipinski definition) is 0. The van der Waals surface area contributed by atoms with Gasteiger partial charge >= 0.3 is 0 Å². The Morgan fingerprint density at radius 3 is 0.892 bits per heavy atom. The number of rotatable bonds is 12. The lowest BCUT2D eigenvalue weighted by Crippen LogP contribution is -2.38. The Kier molecular flexibility index (Phi) is 9.53. The third-order valence-corrected chi connectivity index (χ3v) is 6.99. The Bertz CT molecular complexity index is 1110. The van der Waals surface area contributed by atoms with Gasteiger partial charge in [0.1, 0.15) is 13.1 Å². The van der Waals surface area contributed by atoms with E-state index in [1.54, 1.807) is 0 Å². The van der Waals surface area contributed by atoms with E-state index >= 15 is 0 Å². The summed E-state index contributed by atoms with van der Waals surface area (Å²) in [5.74, 6) is 1.46. The summed E-state index contributed by atoms with van der Waals surface area (Å²) in [5.41, 5.74) is 5.08. The second kappa shape index (κ2) is 13.2. The number of aromatic nitrogens is 4. The highest BCUT2D eigenvalue weighted by atomic mass is 15.0. The van der Waals surface area contributed by atoms with Gasteiger partial charge in [-0.25, -0.2) is 18.3 Å². The van der Waals surface area contributed by atoms with Gasteiger partial charge in [0.2, 0.25) is 0 Å². The first-order valence-electron chi connectivity index (χ1n) is 13.9. The molecule has 0 spiro atoms. The normalized spacial score (nSPS) is 11.4. The lowest BCUT2D eigenvalue weighted by molar-refractivity contribution is -0.726. The van der Waals surface area contributed by atoms with Gasteiger partial charge in [-0.2, -0.15) is 0 Å². The molecule has 0 amide bonds. The van der Waals surface area contributed by atoms with Gasteiger partial charge in [-0.3, -0.25) is 0 Å². The SMILES string of the molecule is CC(C)CC[n+]1ccc(-c2cc[n+](CCC[n+]3ccc(-c4cc[n+](CCC(C)C)cc4)cc3)cc2)cc1. The van der Waals surface area contributed by atoms with E-state index in [0.29, 0.717) is 0 Å². The maximum Gasteiger partial charge on any atom is 0.169 e. The van der Waals surface area contributed by atoms with Gasteiger partial charge in [0.15, 0.2) is 62.7 Å². The van der Waals surface area contributed by atoms with Crippen molar-refractivity contribution in [3.05, 3.63) is 98.1 Å². The highest BCUT2D eigenvalue weighted by Crippen LogP contribution is 2.17. The van der Waals surface area contributed by atoms with E-state index in [-0.39, 0.29) is 0 Å². The average molecular weight is 497 g/mol. The van der Waals surface area contributed by atoms with Crippen molar-refractivity contribution in [3.8, 4) is 22.3 Å². The van der Waals surface area contributed by atoms with Crippen LogP contribution in [0.1, 0.15) is 47.0 Å². The van der Waals surface area contributed by atoms with Crippen LogP contribution >= 0.6 is 0 Å². The number of hydrogen-bond donors (Lipinski definition) is 0. The van der Waals surface area contributed by atoms with Crippen molar-refractivity contribution >= 4 is 0 Å². The summed E-state index contributed by atoms with van der Waals surface area (Å²) in [6.45, 7) is 13.3. The lowest BCUT2D eigenvalue weighted by Gasteiger charge is -2.03. The molecule has 4 aromatic rings. The summed E-state index contributed by atoms with van der Waals surface area (Å²) in [6.07, 6.45) is 21.1. The minimum absolute atomic E-state index is 0.732. The quantitative estimate of drug-likeness (QED) is 0.235. The predicted molar refractivity (Wildman–Crippen MR) is 148 cm³/mol. The zero-order valence-corrected chi connectivity index (χ0v) is 23.1. The van der Waals surface area contributed by atoms with Crippen LogP contribution in [0.25, 0.3) is 22.3 Å². The Morgan fingerprint density at radius 1 is 0.405 bits per heavy atom. The molecule has 192 valence electrons. The summed E-state index contributed by atoms with van der Waals surface area (Å²) in [5, 5.41) is 0. The van der Waals surface area contributed by atoms with E-state index in [4.69, 9.17) is 0 Å². The van der Waals surface area contributed by atoms with Crippen molar-refractivity contribution in [1.29, 1.82) is 0 Å². The summed E-state index contributed by atoms with van der Waals surface area (Å²) in [6, 6.07) is 17.8. The molecule has 37 heavy (non-hydrogen) atoms. The number of aryl methyl sites for hydroxylation is 4.